The summed E-state index contributed by atoms with van der Waals surface area (Å²) < 4.78 is 5.57. The van der Waals surface area contributed by atoms with E-state index in [9.17, 15) is 9.59 Å². The van der Waals surface area contributed by atoms with Crippen molar-refractivity contribution in [2.45, 2.75) is 32.7 Å². The van der Waals surface area contributed by atoms with Gasteiger partial charge in [0.2, 0.25) is 0 Å². The topological polar surface area (TPSA) is 67.4 Å². The molecule has 0 saturated heterocycles. The first-order valence-corrected chi connectivity index (χ1v) is 8.79. The van der Waals surface area contributed by atoms with E-state index < -0.39 is 0 Å². The van der Waals surface area contributed by atoms with Crippen LogP contribution in [0.1, 0.15) is 34.3 Å². The van der Waals surface area contributed by atoms with Gasteiger partial charge in [-0.2, -0.15) is 0 Å². The fourth-order valence-corrected chi connectivity index (χ4v) is 3.14. The zero-order chi connectivity index (χ0) is 17.1. The summed E-state index contributed by atoms with van der Waals surface area (Å²) >= 11 is 1.33. The number of hydrogen-bond donors (Lipinski definition) is 2. The normalized spacial score (nSPS) is 13.4. The molecule has 2 aromatic rings. The first-order chi connectivity index (χ1) is 11.5. The highest BCUT2D eigenvalue weighted by Crippen LogP contribution is 2.26. The van der Waals surface area contributed by atoms with Crippen LogP contribution in [0, 0.1) is 13.8 Å². The molecule has 24 heavy (non-hydrogen) atoms. The number of anilines is 1. The van der Waals surface area contributed by atoms with Gasteiger partial charge in [-0.15, -0.1) is 11.3 Å². The predicted molar refractivity (Wildman–Crippen MR) is 94.8 cm³/mol. The minimum atomic E-state index is -0.280. The zero-order valence-corrected chi connectivity index (χ0v) is 14.5. The van der Waals surface area contributed by atoms with Gasteiger partial charge in [0.25, 0.3) is 11.8 Å². The second kappa shape index (κ2) is 7.05. The smallest absolute Gasteiger partial charge is 0.262 e. The van der Waals surface area contributed by atoms with E-state index in [0.717, 1.165) is 24.0 Å². The fraction of sp³-hybridized carbons (Fsp3) is 0.333. The van der Waals surface area contributed by atoms with Crippen LogP contribution in [0.5, 0.6) is 5.75 Å². The van der Waals surface area contributed by atoms with E-state index in [0.29, 0.717) is 16.3 Å². The SMILES string of the molecule is Cc1ccc(OCC(=O)Nc2sccc2C(=O)NC2CC2)c(C)c1. The fourth-order valence-electron chi connectivity index (χ4n) is 2.34. The lowest BCUT2D eigenvalue weighted by Gasteiger charge is -2.10. The van der Waals surface area contributed by atoms with Gasteiger partial charge in [0.15, 0.2) is 6.61 Å². The van der Waals surface area contributed by atoms with Crippen LogP contribution < -0.4 is 15.4 Å². The van der Waals surface area contributed by atoms with Gasteiger partial charge in [0.1, 0.15) is 10.8 Å². The van der Waals surface area contributed by atoms with Crippen LogP contribution in [0.2, 0.25) is 0 Å². The van der Waals surface area contributed by atoms with Crippen molar-refractivity contribution < 1.29 is 14.3 Å². The highest BCUT2D eigenvalue weighted by Gasteiger charge is 2.25. The largest absolute Gasteiger partial charge is 0.483 e. The molecule has 2 N–H and O–H groups in total. The van der Waals surface area contributed by atoms with Crippen LogP contribution in [0.25, 0.3) is 0 Å². The van der Waals surface area contributed by atoms with E-state index in [1.807, 2.05) is 32.0 Å². The Morgan fingerprint density at radius 2 is 2.04 bits per heavy atom. The maximum absolute atomic E-state index is 12.1. The van der Waals surface area contributed by atoms with Crippen molar-refractivity contribution in [1.29, 1.82) is 0 Å². The van der Waals surface area contributed by atoms with E-state index in [4.69, 9.17) is 4.74 Å². The molecule has 2 amide bonds. The Morgan fingerprint density at radius 1 is 1.25 bits per heavy atom. The minimum Gasteiger partial charge on any atom is -0.483 e. The first kappa shape index (κ1) is 16.5. The number of nitrogens with one attached hydrogen (secondary N) is 2. The number of carbonyl (C=O) groups is 2. The molecule has 0 bridgehead atoms. The summed E-state index contributed by atoms with van der Waals surface area (Å²) in [7, 11) is 0. The Labute approximate surface area is 145 Å². The van der Waals surface area contributed by atoms with Crippen molar-refractivity contribution in [2.75, 3.05) is 11.9 Å². The van der Waals surface area contributed by atoms with Gasteiger partial charge in [-0.3, -0.25) is 9.59 Å². The number of rotatable bonds is 6. The molecule has 0 atom stereocenters. The molecular formula is C18H20N2O3S. The van der Waals surface area contributed by atoms with Crippen molar-refractivity contribution in [1.82, 2.24) is 5.32 Å². The molecule has 126 valence electrons. The van der Waals surface area contributed by atoms with Gasteiger partial charge in [-0.25, -0.2) is 0 Å². The Morgan fingerprint density at radius 3 is 2.75 bits per heavy atom. The van der Waals surface area contributed by atoms with Crippen molar-refractivity contribution in [3.05, 3.63) is 46.3 Å². The highest BCUT2D eigenvalue weighted by molar-refractivity contribution is 7.14. The Bertz CT molecular complexity index is 765. The van der Waals surface area contributed by atoms with E-state index in [-0.39, 0.29) is 24.5 Å². The molecule has 1 fully saturated rings. The van der Waals surface area contributed by atoms with Crippen LogP contribution in [-0.2, 0) is 4.79 Å². The molecule has 0 radical (unpaired) electrons. The highest BCUT2D eigenvalue weighted by atomic mass is 32.1. The van der Waals surface area contributed by atoms with Gasteiger partial charge in [-0.05, 0) is 49.8 Å². The lowest BCUT2D eigenvalue weighted by molar-refractivity contribution is -0.118. The Kier molecular flexibility index (Phi) is 4.85. The quantitative estimate of drug-likeness (QED) is 0.845. The monoisotopic (exact) mass is 344 g/mol. The van der Waals surface area contributed by atoms with Crippen molar-refractivity contribution >= 4 is 28.2 Å². The van der Waals surface area contributed by atoms with Crippen LogP contribution in [0.3, 0.4) is 0 Å². The third kappa shape index (κ3) is 4.14. The van der Waals surface area contributed by atoms with Crippen LogP contribution in [0.4, 0.5) is 5.00 Å². The summed E-state index contributed by atoms with van der Waals surface area (Å²) in [6.07, 6.45) is 2.06. The molecule has 1 aliphatic carbocycles. The molecule has 1 saturated carbocycles. The summed E-state index contributed by atoms with van der Waals surface area (Å²) in [6.45, 7) is 3.86. The van der Waals surface area contributed by atoms with Crippen molar-refractivity contribution in [3.8, 4) is 5.75 Å². The van der Waals surface area contributed by atoms with E-state index >= 15 is 0 Å². The first-order valence-electron chi connectivity index (χ1n) is 7.91. The summed E-state index contributed by atoms with van der Waals surface area (Å²) in [5.74, 6) is 0.274. The summed E-state index contributed by atoms with van der Waals surface area (Å²) in [5.41, 5.74) is 2.64. The summed E-state index contributed by atoms with van der Waals surface area (Å²) in [5, 5.41) is 8.04. The molecule has 5 nitrogen and oxygen atoms in total. The van der Waals surface area contributed by atoms with Gasteiger partial charge in [-0.1, -0.05) is 17.7 Å². The molecule has 1 aromatic carbocycles. The third-order valence-electron chi connectivity index (χ3n) is 3.76. The molecule has 1 aliphatic rings. The summed E-state index contributed by atoms with van der Waals surface area (Å²) in [4.78, 5) is 24.2. The number of amides is 2. The predicted octanol–water partition coefficient (Wildman–Crippen LogP) is 3.27. The molecule has 3 rings (SSSR count). The van der Waals surface area contributed by atoms with Crippen LogP contribution in [-0.4, -0.2) is 24.5 Å². The Hall–Kier alpha value is -2.34. The number of benzene rings is 1. The second-order valence-corrected chi connectivity index (χ2v) is 6.93. The Balaban J connectivity index is 1.57. The zero-order valence-electron chi connectivity index (χ0n) is 13.7. The van der Waals surface area contributed by atoms with E-state index in [2.05, 4.69) is 10.6 Å². The van der Waals surface area contributed by atoms with Gasteiger partial charge < -0.3 is 15.4 Å². The number of aryl methyl sites for hydroxylation is 2. The van der Waals surface area contributed by atoms with Crippen LogP contribution >= 0.6 is 11.3 Å². The second-order valence-electron chi connectivity index (χ2n) is 6.02. The van der Waals surface area contributed by atoms with Gasteiger partial charge >= 0.3 is 0 Å². The molecular weight excluding hydrogens is 324 g/mol. The molecule has 1 aromatic heterocycles. The molecule has 1 heterocycles. The van der Waals surface area contributed by atoms with Gasteiger partial charge in [0, 0.05) is 6.04 Å². The minimum absolute atomic E-state index is 0.0918. The molecule has 0 unspecified atom stereocenters. The van der Waals surface area contributed by atoms with Gasteiger partial charge in [0.05, 0.1) is 5.56 Å². The van der Waals surface area contributed by atoms with Crippen molar-refractivity contribution in [2.24, 2.45) is 0 Å². The maximum atomic E-state index is 12.1. The van der Waals surface area contributed by atoms with Crippen LogP contribution in [0.15, 0.2) is 29.6 Å². The average molecular weight is 344 g/mol. The van der Waals surface area contributed by atoms with E-state index in [1.54, 1.807) is 11.4 Å². The number of thiophene rings is 1. The molecule has 6 heteroatoms. The molecule has 0 aliphatic heterocycles. The maximum Gasteiger partial charge on any atom is 0.262 e. The number of hydrogen-bond acceptors (Lipinski definition) is 4. The number of carbonyl (C=O) groups excluding carboxylic acids is 2. The standard InChI is InChI=1S/C18H20N2O3S/c1-11-3-6-15(12(2)9-11)23-10-16(21)20-18-14(7-8-24-18)17(22)19-13-4-5-13/h3,6-9,13H,4-5,10H2,1-2H3,(H,19,22)(H,20,21). The summed E-state index contributed by atoms with van der Waals surface area (Å²) in [6, 6.07) is 7.82. The lowest BCUT2D eigenvalue weighted by Crippen LogP contribution is -2.27. The average Bonchev–Trinajstić information content (AvgIpc) is 3.22. The third-order valence-corrected chi connectivity index (χ3v) is 4.59. The van der Waals surface area contributed by atoms with E-state index in [1.165, 1.54) is 11.3 Å². The number of ether oxygens (including phenoxy) is 1. The molecule has 0 spiro atoms. The van der Waals surface area contributed by atoms with Crippen molar-refractivity contribution in [3.63, 3.8) is 0 Å². The lowest BCUT2D eigenvalue weighted by atomic mass is 10.1.